The highest BCUT2D eigenvalue weighted by Crippen LogP contribution is 2.09. The summed E-state index contributed by atoms with van der Waals surface area (Å²) in [6, 6.07) is 0. The van der Waals surface area contributed by atoms with Crippen LogP contribution in [-0.4, -0.2) is 29.7 Å². The number of hydrogen-bond acceptors (Lipinski definition) is 2. The van der Waals surface area contributed by atoms with Gasteiger partial charge in [0.25, 0.3) is 0 Å². The van der Waals surface area contributed by atoms with Crippen LogP contribution in [0.4, 0.5) is 0 Å². The van der Waals surface area contributed by atoms with Crippen molar-refractivity contribution in [2.24, 2.45) is 0 Å². The maximum absolute atomic E-state index is 8.68. The zero-order chi connectivity index (χ0) is 8.81. The van der Waals surface area contributed by atoms with E-state index in [1.165, 1.54) is 5.57 Å². The Hall–Kier alpha value is -1.02. The smallest absolute Gasteiger partial charge is 0.0471 e. The summed E-state index contributed by atoms with van der Waals surface area (Å²) >= 11 is 0. The molecule has 2 heteroatoms. The lowest BCUT2D eigenvalue weighted by Crippen LogP contribution is -2.19. The van der Waals surface area contributed by atoms with Crippen LogP contribution >= 0.6 is 0 Å². The first-order valence-electron chi connectivity index (χ1n) is 4.20. The Morgan fingerprint density at radius 1 is 1.67 bits per heavy atom. The van der Waals surface area contributed by atoms with Gasteiger partial charge in [0, 0.05) is 19.7 Å². The molecule has 2 nitrogen and oxygen atoms in total. The van der Waals surface area contributed by atoms with Crippen LogP contribution in [-0.2, 0) is 0 Å². The molecule has 1 rings (SSSR count). The molecular weight excluding hydrogens is 150 g/mol. The molecule has 12 heavy (non-hydrogen) atoms. The molecule has 66 valence electrons. The van der Waals surface area contributed by atoms with Gasteiger partial charge in [0.1, 0.15) is 0 Å². The van der Waals surface area contributed by atoms with Crippen molar-refractivity contribution in [3.63, 3.8) is 0 Å². The van der Waals surface area contributed by atoms with Crippen molar-refractivity contribution in [1.29, 1.82) is 0 Å². The molecule has 0 aromatic carbocycles. The highest BCUT2D eigenvalue weighted by atomic mass is 16.2. The first-order chi connectivity index (χ1) is 5.86. The summed E-state index contributed by atoms with van der Waals surface area (Å²) in [5, 5.41) is 8.68. The lowest BCUT2D eigenvalue weighted by molar-refractivity contribution is 0.299. The Morgan fingerprint density at radius 3 is 3.00 bits per heavy atom. The molecule has 0 aromatic heterocycles. The van der Waals surface area contributed by atoms with Crippen LogP contribution in [0.3, 0.4) is 0 Å². The summed E-state index contributed by atoms with van der Waals surface area (Å²) in [5.41, 5.74) is 1.22. The molecule has 0 unspecified atom stereocenters. The van der Waals surface area contributed by atoms with Gasteiger partial charge in [-0.1, -0.05) is 12.2 Å². The first-order valence-corrected chi connectivity index (χ1v) is 4.20. The molecule has 1 aliphatic rings. The van der Waals surface area contributed by atoms with E-state index in [9.17, 15) is 0 Å². The molecular formula is C10H15NO. The molecule has 0 saturated heterocycles. The van der Waals surface area contributed by atoms with Gasteiger partial charge in [-0.2, -0.15) is 0 Å². The second kappa shape index (κ2) is 4.78. The van der Waals surface area contributed by atoms with E-state index in [1.807, 2.05) is 18.4 Å². The van der Waals surface area contributed by atoms with E-state index in [2.05, 4.69) is 17.6 Å². The molecule has 1 N–H and O–H groups in total. The highest BCUT2D eigenvalue weighted by molar-refractivity contribution is 5.22. The maximum Gasteiger partial charge on any atom is 0.0471 e. The lowest BCUT2D eigenvalue weighted by atomic mass is 10.1. The molecule has 0 radical (unpaired) electrons. The minimum Gasteiger partial charge on any atom is -0.396 e. The van der Waals surface area contributed by atoms with Gasteiger partial charge < -0.3 is 10.0 Å². The van der Waals surface area contributed by atoms with E-state index in [4.69, 9.17) is 5.11 Å². The van der Waals surface area contributed by atoms with Crippen LogP contribution in [0.15, 0.2) is 36.6 Å². The van der Waals surface area contributed by atoms with E-state index in [0.29, 0.717) is 0 Å². The van der Waals surface area contributed by atoms with Crippen LogP contribution in [0.25, 0.3) is 0 Å². The molecule has 0 atom stereocenters. The summed E-state index contributed by atoms with van der Waals surface area (Å²) in [4.78, 5) is 2.16. The Balaban J connectivity index is 2.38. The standard InChI is InChI=1S/C10H15NO/c1-2-6-11-7-3-10(4-8-11)5-9-12/h2-4,7,12H,1,5-6,8-9H2. The summed E-state index contributed by atoms with van der Waals surface area (Å²) in [6.07, 6.45) is 8.88. The molecule has 0 amide bonds. The van der Waals surface area contributed by atoms with Crippen molar-refractivity contribution in [2.45, 2.75) is 6.42 Å². The summed E-state index contributed by atoms with van der Waals surface area (Å²) in [5.74, 6) is 0. The average Bonchev–Trinajstić information content (AvgIpc) is 2.09. The van der Waals surface area contributed by atoms with Gasteiger partial charge in [0.2, 0.25) is 0 Å². The number of hydrogen-bond donors (Lipinski definition) is 1. The Kier molecular flexibility index (Phi) is 3.61. The van der Waals surface area contributed by atoms with Crippen LogP contribution in [0, 0.1) is 0 Å². The van der Waals surface area contributed by atoms with E-state index < -0.39 is 0 Å². The zero-order valence-corrected chi connectivity index (χ0v) is 7.24. The average molecular weight is 165 g/mol. The molecule has 1 heterocycles. The van der Waals surface area contributed by atoms with E-state index in [1.54, 1.807) is 0 Å². The SMILES string of the molecule is C=CCN1C=CC(CCO)=CC1. The van der Waals surface area contributed by atoms with Gasteiger partial charge in [-0.25, -0.2) is 0 Å². The molecule has 0 aromatic rings. The molecule has 0 spiro atoms. The molecule has 1 aliphatic heterocycles. The van der Waals surface area contributed by atoms with E-state index >= 15 is 0 Å². The Bertz CT molecular complexity index is 206. The molecule has 0 bridgehead atoms. The third kappa shape index (κ3) is 2.55. The van der Waals surface area contributed by atoms with Crippen molar-refractivity contribution in [3.8, 4) is 0 Å². The van der Waals surface area contributed by atoms with Gasteiger partial charge in [-0.15, -0.1) is 6.58 Å². The Morgan fingerprint density at radius 2 is 2.50 bits per heavy atom. The third-order valence-corrected chi connectivity index (χ3v) is 1.85. The summed E-state index contributed by atoms with van der Waals surface area (Å²) in [6.45, 7) is 5.72. The predicted molar refractivity (Wildman–Crippen MR) is 50.7 cm³/mol. The van der Waals surface area contributed by atoms with Gasteiger partial charge in [0.05, 0.1) is 0 Å². The van der Waals surface area contributed by atoms with Gasteiger partial charge in [-0.3, -0.25) is 0 Å². The fraction of sp³-hybridized carbons (Fsp3) is 0.400. The van der Waals surface area contributed by atoms with Gasteiger partial charge >= 0.3 is 0 Å². The van der Waals surface area contributed by atoms with Crippen LogP contribution in [0.1, 0.15) is 6.42 Å². The number of rotatable bonds is 4. The molecule has 0 saturated carbocycles. The van der Waals surface area contributed by atoms with E-state index in [-0.39, 0.29) is 6.61 Å². The third-order valence-electron chi connectivity index (χ3n) is 1.85. The number of nitrogens with zero attached hydrogens (tertiary/aromatic N) is 1. The number of aliphatic hydroxyl groups is 1. The predicted octanol–water partition coefficient (Wildman–Crippen LogP) is 1.31. The van der Waals surface area contributed by atoms with Crippen molar-refractivity contribution >= 4 is 0 Å². The minimum atomic E-state index is 0.234. The monoisotopic (exact) mass is 165 g/mol. The van der Waals surface area contributed by atoms with E-state index in [0.717, 1.165) is 19.5 Å². The molecule has 0 fully saturated rings. The number of allylic oxidation sites excluding steroid dienone is 1. The normalized spacial score (nSPS) is 16.1. The van der Waals surface area contributed by atoms with Crippen molar-refractivity contribution < 1.29 is 5.11 Å². The molecule has 0 aliphatic carbocycles. The van der Waals surface area contributed by atoms with Crippen molar-refractivity contribution in [1.82, 2.24) is 4.90 Å². The summed E-state index contributed by atoms with van der Waals surface area (Å²) in [7, 11) is 0. The number of aliphatic hydroxyl groups excluding tert-OH is 1. The highest BCUT2D eigenvalue weighted by Gasteiger charge is 2.01. The van der Waals surface area contributed by atoms with Crippen LogP contribution in [0.2, 0.25) is 0 Å². The largest absolute Gasteiger partial charge is 0.396 e. The zero-order valence-electron chi connectivity index (χ0n) is 7.24. The maximum atomic E-state index is 8.68. The first kappa shape index (κ1) is 9.07. The van der Waals surface area contributed by atoms with Crippen LogP contribution < -0.4 is 0 Å². The quantitative estimate of drug-likeness (QED) is 0.635. The van der Waals surface area contributed by atoms with Crippen molar-refractivity contribution in [2.75, 3.05) is 19.7 Å². The fourth-order valence-corrected chi connectivity index (χ4v) is 1.18. The van der Waals surface area contributed by atoms with Crippen molar-refractivity contribution in [3.05, 3.63) is 36.6 Å². The summed E-state index contributed by atoms with van der Waals surface area (Å²) < 4.78 is 0. The Labute approximate surface area is 73.5 Å². The van der Waals surface area contributed by atoms with Gasteiger partial charge in [-0.05, 0) is 24.3 Å². The lowest BCUT2D eigenvalue weighted by Gasteiger charge is -2.20. The van der Waals surface area contributed by atoms with Gasteiger partial charge in [0.15, 0.2) is 0 Å². The second-order valence-corrected chi connectivity index (χ2v) is 2.81. The topological polar surface area (TPSA) is 23.5 Å². The minimum absolute atomic E-state index is 0.234. The van der Waals surface area contributed by atoms with Crippen LogP contribution in [0.5, 0.6) is 0 Å². The second-order valence-electron chi connectivity index (χ2n) is 2.81. The fourth-order valence-electron chi connectivity index (χ4n) is 1.18.